The maximum Gasteiger partial charge on any atom is 0.168 e. The fourth-order valence-corrected chi connectivity index (χ4v) is 3.20. The van der Waals surface area contributed by atoms with Crippen LogP contribution in [0.3, 0.4) is 0 Å². The number of hydrogen-bond acceptors (Lipinski definition) is 7. The molecule has 0 aliphatic heterocycles. The highest BCUT2D eigenvalue weighted by molar-refractivity contribution is 7.59. The zero-order chi connectivity index (χ0) is 21.4. The molecule has 31 heavy (non-hydrogen) atoms. The van der Waals surface area contributed by atoms with Crippen LogP contribution in [0.1, 0.15) is 24.1 Å². The Balaban J connectivity index is 0.00000272. The lowest BCUT2D eigenvalue weighted by molar-refractivity contribution is 0.510. The average molecular weight is 461 g/mol. The maximum atomic E-state index is 14.6. The second-order valence-electron chi connectivity index (χ2n) is 6.36. The molecule has 0 fully saturated rings. The van der Waals surface area contributed by atoms with Gasteiger partial charge in [-0.3, -0.25) is 0 Å². The van der Waals surface area contributed by atoms with Gasteiger partial charge < -0.3 is 11.1 Å². The number of imidazole rings is 1. The molecule has 0 amide bonds. The van der Waals surface area contributed by atoms with Crippen molar-refractivity contribution in [3.63, 3.8) is 0 Å². The van der Waals surface area contributed by atoms with Crippen molar-refractivity contribution >= 4 is 42.4 Å². The largest absolute Gasteiger partial charge is 0.382 e. The Kier molecular flexibility index (Phi) is 6.24. The highest BCUT2D eigenvalue weighted by Crippen LogP contribution is 2.33. The van der Waals surface area contributed by atoms with Crippen LogP contribution in [-0.2, 0) is 0 Å². The molecule has 158 valence electrons. The van der Waals surface area contributed by atoms with Crippen molar-refractivity contribution in [1.29, 1.82) is 5.26 Å². The van der Waals surface area contributed by atoms with Crippen LogP contribution in [-0.4, -0.2) is 24.6 Å². The van der Waals surface area contributed by atoms with Crippen LogP contribution in [0.5, 0.6) is 0 Å². The maximum absolute atomic E-state index is 14.6. The van der Waals surface area contributed by atoms with E-state index in [1.165, 1.54) is 29.2 Å². The molecule has 4 aromatic rings. The molecule has 0 saturated heterocycles. The van der Waals surface area contributed by atoms with Crippen molar-refractivity contribution < 1.29 is 8.78 Å². The summed E-state index contributed by atoms with van der Waals surface area (Å²) in [7, 11) is 0. The lowest BCUT2D eigenvalue weighted by Crippen LogP contribution is -2.14. The van der Waals surface area contributed by atoms with Gasteiger partial charge in [-0.15, -0.1) is 0 Å². The molecule has 3 N–H and O–H groups in total. The first-order valence-electron chi connectivity index (χ1n) is 8.66. The van der Waals surface area contributed by atoms with Gasteiger partial charge in [0.15, 0.2) is 22.4 Å². The summed E-state index contributed by atoms with van der Waals surface area (Å²) < 4.78 is 29.8. The van der Waals surface area contributed by atoms with Crippen molar-refractivity contribution in [1.82, 2.24) is 24.6 Å². The Hall–Kier alpha value is -3.49. The van der Waals surface area contributed by atoms with Crippen molar-refractivity contribution in [2.24, 2.45) is 0 Å². The molecule has 3 aromatic heterocycles. The minimum atomic E-state index is -1.04. The van der Waals surface area contributed by atoms with E-state index in [9.17, 15) is 14.0 Å². The molecule has 1 atom stereocenters. The monoisotopic (exact) mass is 460 g/mol. The fraction of sp³-hybridized carbons (Fsp3) is 0.105. The van der Waals surface area contributed by atoms with E-state index < -0.39 is 17.7 Å². The predicted molar refractivity (Wildman–Crippen MR) is 117 cm³/mol. The van der Waals surface area contributed by atoms with Gasteiger partial charge >= 0.3 is 0 Å². The Labute approximate surface area is 187 Å². The lowest BCUT2D eigenvalue weighted by atomic mass is 10.0. The summed E-state index contributed by atoms with van der Waals surface area (Å²) in [6.07, 6.45) is 2.62. The number of aromatic nitrogens is 5. The van der Waals surface area contributed by atoms with Gasteiger partial charge in [0, 0.05) is 11.1 Å². The van der Waals surface area contributed by atoms with Gasteiger partial charge in [0.2, 0.25) is 0 Å². The summed E-state index contributed by atoms with van der Waals surface area (Å²) in [6.45, 7) is 1.75. The number of anilines is 2. The fourth-order valence-electron chi connectivity index (χ4n) is 3.03. The number of rotatable bonds is 4. The quantitative estimate of drug-likeness (QED) is 0.474. The molecule has 0 radical (unpaired) electrons. The standard InChI is InChI=1S/C19H13ClF2N8.H2S/c1-9(28-19-12(6-23)18(24)26-8-27-19)11-5-15-25-7-14(20)30(15)29-17(11)10-3-2-4-13(21)16(10)22;/h2-5,7-9H,1H3,(H3,24,26,27,28);1H2/t9-;/m0./s1. The number of nitrogen functional groups attached to an aromatic ring is 1. The van der Waals surface area contributed by atoms with E-state index in [2.05, 4.69) is 25.4 Å². The number of nitriles is 1. The van der Waals surface area contributed by atoms with E-state index in [4.69, 9.17) is 17.3 Å². The zero-order valence-corrected chi connectivity index (χ0v) is 17.7. The zero-order valence-electron chi connectivity index (χ0n) is 15.9. The Bertz CT molecular complexity index is 1320. The normalized spacial score (nSPS) is 11.6. The van der Waals surface area contributed by atoms with Gasteiger partial charge in [0.25, 0.3) is 0 Å². The summed E-state index contributed by atoms with van der Waals surface area (Å²) >= 11 is 6.11. The average Bonchev–Trinajstić information content (AvgIpc) is 3.09. The third kappa shape index (κ3) is 3.95. The molecule has 12 heteroatoms. The van der Waals surface area contributed by atoms with E-state index >= 15 is 0 Å². The third-order valence-corrected chi connectivity index (χ3v) is 4.75. The summed E-state index contributed by atoms with van der Waals surface area (Å²) in [5.41, 5.74) is 6.80. The SMILES string of the molecule is C[C@H](Nc1ncnc(N)c1C#N)c1cc2ncc(Cl)n2nc1-c1cccc(F)c1F.S. The first kappa shape index (κ1) is 22.2. The van der Waals surface area contributed by atoms with Crippen LogP contribution >= 0.6 is 25.1 Å². The predicted octanol–water partition coefficient (Wildman–Crippen LogP) is 3.86. The van der Waals surface area contributed by atoms with E-state index in [1.54, 1.807) is 13.0 Å². The van der Waals surface area contributed by atoms with Crippen LogP contribution in [0.4, 0.5) is 20.4 Å². The molecular formula is C19H15ClF2N8S. The van der Waals surface area contributed by atoms with E-state index in [-0.39, 0.29) is 47.1 Å². The minimum absolute atomic E-state index is 0. The van der Waals surface area contributed by atoms with Crippen LogP contribution < -0.4 is 11.1 Å². The lowest BCUT2D eigenvalue weighted by Gasteiger charge is -2.19. The topological polar surface area (TPSA) is 118 Å². The van der Waals surface area contributed by atoms with Crippen LogP contribution in [0.2, 0.25) is 5.15 Å². The van der Waals surface area contributed by atoms with Gasteiger partial charge in [0.1, 0.15) is 29.6 Å². The Morgan fingerprint density at radius 3 is 2.77 bits per heavy atom. The number of hydrogen-bond donors (Lipinski definition) is 2. The van der Waals surface area contributed by atoms with Crippen LogP contribution in [0.25, 0.3) is 16.9 Å². The van der Waals surface area contributed by atoms with Crippen molar-refractivity contribution in [3.05, 3.63) is 64.7 Å². The number of benzene rings is 1. The first-order chi connectivity index (χ1) is 14.4. The highest BCUT2D eigenvalue weighted by Gasteiger charge is 2.22. The minimum Gasteiger partial charge on any atom is -0.382 e. The number of halogens is 3. The number of nitrogens with two attached hydrogens (primary N) is 1. The molecule has 0 saturated carbocycles. The molecule has 0 spiro atoms. The molecule has 4 rings (SSSR count). The molecule has 0 aliphatic rings. The summed E-state index contributed by atoms with van der Waals surface area (Å²) in [4.78, 5) is 12.0. The Morgan fingerprint density at radius 2 is 2.03 bits per heavy atom. The summed E-state index contributed by atoms with van der Waals surface area (Å²) in [5, 5.41) is 17.0. The molecule has 3 heterocycles. The van der Waals surface area contributed by atoms with Gasteiger partial charge in [0.05, 0.1) is 17.9 Å². The van der Waals surface area contributed by atoms with Crippen LogP contribution in [0.15, 0.2) is 36.8 Å². The van der Waals surface area contributed by atoms with Crippen molar-refractivity contribution in [2.75, 3.05) is 11.1 Å². The van der Waals surface area contributed by atoms with E-state index in [0.717, 1.165) is 6.07 Å². The van der Waals surface area contributed by atoms with E-state index in [0.29, 0.717) is 11.2 Å². The summed E-state index contributed by atoms with van der Waals surface area (Å²) in [6, 6.07) is 6.86. The van der Waals surface area contributed by atoms with Crippen molar-refractivity contribution in [3.8, 4) is 17.3 Å². The van der Waals surface area contributed by atoms with Crippen LogP contribution in [0, 0.1) is 23.0 Å². The Morgan fingerprint density at radius 1 is 1.26 bits per heavy atom. The first-order valence-corrected chi connectivity index (χ1v) is 9.04. The van der Waals surface area contributed by atoms with Gasteiger partial charge in [-0.2, -0.15) is 23.9 Å². The van der Waals surface area contributed by atoms with Crippen molar-refractivity contribution in [2.45, 2.75) is 13.0 Å². The molecule has 8 nitrogen and oxygen atoms in total. The smallest absolute Gasteiger partial charge is 0.168 e. The molecule has 1 aromatic carbocycles. The second kappa shape index (κ2) is 8.71. The molecule has 0 aliphatic carbocycles. The molecule has 0 bridgehead atoms. The number of nitrogens with zero attached hydrogens (tertiary/aromatic N) is 6. The van der Waals surface area contributed by atoms with Gasteiger partial charge in [-0.05, 0) is 25.1 Å². The molecule has 0 unspecified atom stereocenters. The van der Waals surface area contributed by atoms with E-state index in [1.807, 2.05) is 6.07 Å². The van der Waals surface area contributed by atoms with Gasteiger partial charge in [-0.25, -0.2) is 28.2 Å². The van der Waals surface area contributed by atoms with Gasteiger partial charge in [-0.1, -0.05) is 17.7 Å². The third-order valence-electron chi connectivity index (χ3n) is 4.50. The number of nitrogens with one attached hydrogen (secondary N) is 1. The number of fused-ring (bicyclic) bond motifs is 1. The molecular weight excluding hydrogens is 446 g/mol. The highest BCUT2D eigenvalue weighted by atomic mass is 35.5. The summed E-state index contributed by atoms with van der Waals surface area (Å²) in [5.74, 6) is -1.83. The second-order valence-corrected chi connectivity index (χ2v) is 6.75.